The Hall–Kier alpha value is -1.17. The summed E-state index contributed by atoms with van der Waals surface area (Å²) in [4.78, 5) is 11.8. The van der Waals surface area contributed by atoms with Crippen molar-refractivity contribution >= 4 is 23.2 Å². The highest BCUT2D eigenvalue weighted by Crippen LogP contribution is 2.20. The lowest BCUT2D eigenvalue weighted by atomic mass is 10.0. The standard InChI is InChI=1S/C11H12ClFN2O2/c12-6-1-7(13)3-8(2-6)15-11(16)9-4-17-5-10(9)14/h1-3,9-10H,4-5,14H2,(H,15,16). The molecule has 92 valence electrons. The predicted molar refractivity (Wildman–Crippen MR) is 62.3 cm³/mol. The Labute approximate surface area is 103 Å². The minimum Gasteiger partial charge on any atom is -0.379 e. The third-order valence-corrected chi connectivity index (χ3v) is 2.81. The molecule has 1 aliphatic rings. The van der Waals surface area contributed by atoms with Gasteiger partial charge in [0.25, 0.3) is 0 Å². The summed E-state index contributed by atoms with van der Waals surface area (Å²) in [6.07, 6.45) is 0. The summed E-state index contributed by atoms with van der Waals surface area (Å²) in [6.45, 7) is 0.651. The first-order chi connectivity index (χ1) is 8.06. The zero-order valence-electron chi connectivity index (χ0n) is 8.95. The Morgan fingerprint density at radius 3 is 2.82 bits per heavy atom. The van der Waals surface area contributed by atoms with Crippen LogP contribution in [0.2, 0.25) is 5.02 Å². The maximum atomic E-state index is 13.0. The molecule has 2 atom stereocenters. The Morgan fingerprint density at radius 1 is 1.47 bits per heavy atom. The summed E-state index contributed by atoms with van der Waals surface area (Å²) in [5, 5.41) is 2.80. The molecule has 2 unspecified atom stereocenters. The highest BCUT2D eigenvalue weighted by Gasteiger charge is 2.31. The van der Waals surface area contributed by atoms with Crippen LogP contribution in [0.3, 0.4) is 0 Å². The van der Waals surface area contributed by atoms with E-state index in [1.54, 1.807) is 0 Å². The van der Waals surface area contributed by atoms with Gasteiger partial charge in [-0.15, -0.1) is 0 Å². The summed E-state index contributed by atoms with van der Waals surface area (Å²) >= 11 is 5.68. The van der Waals surface area contributed by atoms with Gasteiger partial charge >= 0.3 is 0 Å². The molecular weight excluding hydrogens is 247 g/mol. The molecular formula is C11H12ClFN2O2. The largest absolute Gasteiger partial charge is 0.379 e. The van der Waals surface area contributed by atoms with Crippen LogP contribution in [0, 0.1) is 11.7 Å². The van der Waals surface area contributed by atoms with Gasteiger partial charge in [0.15, 0.2) is 0 Å². The summed E-state index contributed by atoms with van der Waals surface area (Å²) in [6, 6.07) is 3.52. The number of anilines is 1. The Kier molecular flexibility index (Phi) is 3.61. The molecule has 17 heavy (non-hydrogen) atoms. The summed E-state index contributed by atoms with van der Waals surface area (Å²) in [7, 11) is 0. The van der Waals surface area contributed by atoms with E-state index >= 15 is 0 Å². The highest BCUT2D eigenvalue weighted by atomic mass is 35.5. The number of benzene rings is 1. The maximum Gasteiger partial charge on any atom is 0.231 e. The first kappa shape index (κ1) is 12.3. The number of amides is 1. The lowest BCUT2D eigenvalue weighted by Gasteiger charge is -2.13. The molecule has 1 fully saturated rings. The second-order valence-electron chi connectivity index (χ2n) is 3.96. The fourth-order valence-corrected chi connectivity index (χ4v) is 1.92. The molecule has 0 aliphatic carbocycles. The average Bonchev–Trinajstić information content (AvgIpc) is 2.62. The topological polar surface area (TPSA) is 64.3 Å². The molecule has 0 saturated carbocycles. The van der Waals surface area contributed by atoms with Gasteiger partial charge in [0.05, 0.1) is 19.1 Å². The lowest BCUT2D eigenvalue weighted by Crippen LogP contribution is -2.37. The fraction of sp³-hybridized carbons (Fsp3) is 0.364. The van der Waals surface area contributed by atoms with Crippen molar-refractivity contribution < 1.29 is 13.9 Å². The maximum absolute atomic E-state index is 13.0. The molecule has 1 aromatic carbocycles. The van der Waals surface area contributed by atoms with Crippen molar-refractivity contribution in [1.29, 1.82) is 0 Å². The van der Waals surface area contributed by atoms with E-state index in [2.05, 4.69) is 5.32 Å². The summed E-state index contributed by atoms with van der Waals surface area (Å²) in [5.74, 6) is -1.19. The van der Waals surface area contributed by atoms with Gasteiger partial charge in [-0.25, -0.2) is 4.39 Å². The number of halogens is 2. The summed E-state index contributed by atoms with van der Waals surface area (Å²) in [5.41, 5.74) is 6.03. The smallest absolute Gasteiger partial charge is 0.231 e. The van der Waals surface area contributed by atoms with Crippen molar-refractivity contribution in [1.82, 2.24) is 0 Å². The van der Waals surface area contributed by atoms with Gasteiger partial charge in [-0.3, -0.25) is 4.79 Å². The van der Waals surface area contributed by atoms with Gasteiger partial charge in [0.1, 0.15) is 5.82 Å². The number of nitrogens with one attached hydrogen (secondary N) is 1. The molecule has 6 heteroatoms. The molecule has 1 saturated heterocycles. The second kappa shape index (κ2) is 5.00. The highest BCUT2D eigenvalue weighted by molar-refractivity contribution is 6.30. The zero-order chi connectivity index (χ0) is 12.4. The summed E-state index contributed by atoms with van der Waals surface area (Å²) < 4.78 is 18.1. The molecule has 3 N–H and O–H groups in total. The van der Waals surface area contributed by atoms with Crippen molar-refractivity contribution in [3.05, 3.63) is 29.0 Å². The lowest BCUT2D eigenvalue weighted by molar-refractivity contribution is -0.120. The number of rotatable bonds is 2. The minimum atomic E-state index is -0.500. The van der Waals surface area contributed by atoms with Crippen LogP contribution in [0.1, 0.15) is 0 Å². The molecule has 1 aliphatic heterocycles. The van der Waals surface area contributed by atoms with Gasteiger partial charge < -0.3 is 15.8 Å². The molecule has 0 bridgehead atoms. The molecule has 0 radical (unpaired) electrons. The van der Waals surface area contributed by atoms with Crippen molar-refractivity contribution in [2.45, 2.75) is 6.04 Å². The third kappa shape index (κ3) is 2.94. The van der Waals surface area contributed by atoms with E-state index < -0.39 is 11.7 Å². The minimum absolute atomic E-state index is 0.229. The van der Waals surface area contributed by atoms with Crippen LogP contribution >= 0.6 is 11.6 Å². The van der Waals surface area contributed by atoms with Crippen LogP contribution in [0.15, 0.2) is 18.2 Å². The SMILES string of the molecule is NC1COCC1C(=O)Nc1cc(F)cc(Cl)c1. The van der Waals surface area contributed by atoms with Crippen LogP contribution in [0.25, 0.3) is 0 Å². The van der Waals surface area contributed by atoms with E-state index in [-0.39, 0.29) is 23.6 Å². The van der Waals surface area contributed by atoms with Crippen molar-refractivity contribution in [2.75, 3.05) is 18.5 Å². The van der Waals surface area contributed by atoms with Gasteiger partial charge in [-0.05, 0) is 18.2 Å². The molecule has 4 nitrogen and oxygen atoms in total. The third-order valence-electron chi connectivity index (χ3n) is 2.59. The van der Waals surface area contributed by atoms with Crippen molar-refractivity contribution in [3.63, 3.8) is 0 Å². The zero-order valence-corrected chi connectivity index (χ0v) is 9.71. The molecule has 1 heterocycles. The number of carbonyl (C=O) groups excluding carboxylic acids is 1. The first-order valence-corrected chi connectivity index (χ1v) is 5.54. The molecule has 0 aromatic heterocycles. The number of hydrogen-bond acceptors (Lipinski definition) is 3. The number of ether oxygens (including phenoxy) is 1. The Bertz CT molecular complexity index is 421. The van der Waals surface area contributed by atoms with Crippen molar-refractivity contribution in [2.24, 2.45) is 11.7 Å². The molecule has 2 rings (SSSR count). The van der Waals surface area contributed by atoms with Crippen LogP contribution < -0.4 is 11.1 Å². The normalized spacial score (nSPS) is 23.7. The van der Waals surface area contributed by atoms with E-state index in [1.165, 1.54) is 18.2 Å². The number of hydrogen-bond donors (Lipinski definition) is 2. The van der Waals surface area contributed by atoms with Gasteiger partial charge in [-0.1, -0.05) is 11.6 Å². The molecule has 0 spiro atoms. The second-order valence-corrected chi connectivity index (χ2v) is 4.39. The first-order valence-electron chi connectivity index (χ1n) is 5.16. The van der Waals surface area contributed by atoms with E-state index in [0.29, 0.717) is 12.3 Å². The fourth-order valence-electron chi connectivity index (χ4n) is 1.70. The quantitative estimate of drug-likeness (QED) is 0.843. The van der Waals surface area contributed by atoms with E-state index in [1.807, 2.05) is 0 Å². The Morgan fingerprint density at radius 2 is 2.24 bits per heavy atom. The van der Waals surface area contributed by atoms with E-state index in [9.17, 15) is 9.18 Å². The Balaban J connectivity index is 2.07. The van der Waals surface area contributed by atoms with Crippen LogP contribution in [0.5, 0.6) is 0 Å². The number of nitrogens with two attached hydrogens (primary N) is 1. The van der Waals surface area contributed by atoms with Gasteiger partial charge in [0.2, 0.25) is 5.91 Å². The van der Waals surface area contributed by atoms with E-state index in [4.69, 9.17) is 22.1 Å². The van der Waals surface area contributed by atoms with Gasteiger partial charge in [-0.2, -0.15) is 0 Å². The van der Waals surface area contributed by atoms with Crippen LogP contribution in [-0.2, 0) is 9.53 Å². The van der Waals surface area contributed by atoms with Crippen LogP contribution in [0.4, 0.5) is 10.1 Å². The monoisotopic (exact) mass is 258 g/mol. The molecule has 1 amide bonds. The molecule has 1 aromatic rings. The van der Waals surface area contributed by atoms with Gasteiger partial charge in [0, 0.05) is 16.8 Å². The van der Waals surface area contributed by atoms with Crippen LogP contribution in [-0.4, -0.2) is 25.2 Å². The van der Waals surface area contributed by atoms with E-state index in [0.717, 1.165) is 0 Å². The average molecular weight is 259 g/mol. The van der Waals surface area contributed by atoms with Crippen molar-refractivity contribution in [3.8, 4) is 0 Å². The number of carbonyl (C=O) groups is 1. The predicted octanol–water partition coefficient (Wildman–Crippen LogP) is 1.39.